The molecule has 0 aromatic rings. The van der Waals surface area contributed by atoms with Crippen LogP contribution in [0, 0.1) is 11.8 Å². The third-order valence-corrected chi connectivity index (χ3v) is 1.16. The molecule has 5 heavy (non-hydrogen) atoms. The second-order valence-corrected chi connectivity index (χ2v) is 1.72. The fraction of sp³-hybridized carbons (Fsp3) is 0.750. The largest absolute Gasteiger partial charge is 0.121 e. The van der Waals surface area contributed by atoms with Crippen LogP contribution in [0.5, 0.6) is 0 Å². The highest BCUT2D eigenvalue weighted by Gasteiger charge is 2.19. The van der Waals surface area contributed by atoms with Gasteiger partial charge in [-0.25, -0.2) is 0 Å². The molecular formula is C4H6Cl. The van der Waals surface area contributed by atoms with Crippen LogP contribution in [-0.4, -0.2) is 0 Å². The first-order chi connectivity index (χ1) is 2.43. The van der Waals surface area contributed by atoms with Crippen molar-refractivity contribution in [1.29, 1.82) is 0 Å². The SMILES string of the molecule is Cl[CH]C1CC1. The molecule has 0 aliphatic heterocycles. The van der Waals surface area contributed by atoms with Crippen molar-refractivity contribution < 1.29 is 0 Å². The molecule has 0 heterocycles. The molecule has 1 rings (SSSR count). The highest BCUT2D eigenvalue weighted by Crippen LogP contribution is 2.32. The summed E-state index contributed by atoms with van der Waals surface area (Å²) in [5.74, 6) is 2.52. The van der Waals surface area contributed by atoms with Gasteiger partial charge in [-0.1, -0.05) is 0 Å². The van der Waals surface area contributed by atoms with Crippen molar-refractivity contribution in [2.45, 2.75) is 12.8 Å². The number of hydrogen-bond donors (Lipinski definition) is 0. The molecule has 0 atom stereocenters. The Kier molecular flexibility index (Phi) is 0.817. The van der Waals surface area contributed by atoms with Gasteiger partial charge in [-0.2, -0.15) is 0 Å². The summed E-state index contributed by atoms with van der Waals surface area (Å²) >= 11 is 5.27. The summed E-state index contributed by atoms with van der Waals surface area (Å²) in [4.78, 5) is 0. The Bertz CT molecular complexity index is 30.6. The highest BCUT2D eigenvalue weighted by atomic mass is 35.5. The number of hydrogen-bond acceptors (Lipinski definition) is 0. The summed E-state index contributed by atoms with van der Waals surface area (Å²) in [5, 5.41) is 0. The van der Waals surface area contributed by atoms with Gasteiger partial charge in [0.1, 0.15) is 0 Å². The monoisotopic (exact) mass is 89.0 g/mol. The quantitative estimate of drug-likeness (QED) is 0.460. The second kappa shape index (κ2) is 1.17. The first-order valence-corrected chi connectivity index (χ1v) is 2.30. The van der Waals surface area contributed by atoms with Crippen molar-refractivity contribution in [2.24, 2.45) is 5.92 Å². The lowest BCUT2D eigenvalue weighted by Gasteiger charge is -1.69. The van der Waals surface area contributed by atoms with Gasteiger partial charge in [0, 0.05) is 0 Å². The Morgan fingerprint density at radius 1 is 1.60 bits per heavy atom. The average molecular weight is 89.5 g/mol. The van der Waals surface area contributed by atoms with Gasteiger partial charge in [-0.3, -0.25) is 0 Å². The lowest BCUT2D eigenvalue weighted by Crippen LogP contribution is -1.57. The molecule has 1 aliphatic rings. The topological polar surface area (TPSA) is 0 Å². The van der Waals surface area contributed by atoms with Crippen molar-refractivity contribution in [3.8, 4) is 0 Å². The van der Waals surface area contributed by atoms with Crippen molar-refractivity contribution in [3.63, 3.8) is 0 Å². The third kappa shape index (κ3) is 0.804. The van der Waals surface area contributed by atoms with Gasteiger partial charge in [-0.05, 0) is 18.8 Å². The first-order valence-electron chi connectivity index (χ1n) is 1.87. The molecule has 0 aromatic carbocycles. The first kappa shape index (κ1) is 3.48. The van der Waals surface area contributed by atoms with E-state index in [2.05, 4.69) is 0 Å². The molecule has 0 saturated heterocycles. The lowest BCUT2D eigenvalue weighted by atomic mass is 10.5. The zero-order valence-corrected chi connectivity index (χ0v) is 3.70. The Labute approximate surface area is 37.1 Å². The highest BCUT2D eigenvalue weighted by molar-refractivity contribution is 6.23. The zero-order valence-electron chi connectivity index (χ0n) is 2.95. The Morgan fingerprint density at radius 3 is 2.20 bits per heavy atom. The van der Waals surface area contributed by atoms with Gasteiger partial charge in [0.2, 0.25) is 0 Å². The molecule has 1 heteroatoms. The van der Waals surface area contributed by atoms with E-state index < -0.39 is 0 Å². The maximum absolute atomic E-state index is 5.27. The Hall–Kier alpha value is 0.290. The summed E-state index contributed by atoms with van der Waals surface area (Å²) in [5.41, 5.74) is 0. The van der Waals surface area contributed by atoms with E-state index in [1.807, 2.05) is 0 Å². The molecular weight excluding hydrogens is 83.5 g/mol. The van der Waals surface area contributed by atoms with Gasteiger partial charge < -0.3 is 0 Å². The summed E-state index contributed by atoms with van der Waals surface area (Å²) in [6, 6.07) is 0. The maximum Gasteiger partial charge on any atom is 0.0530 e. The van der Waals surface area contributed by atoms with Crippen molar-refractivity contribution in [2.75, 3.05) is 0 Å². The predicted octanol–water partition coefficient (Wildman–Crippen LogP) is 1.80. The maximum atomic E-state index is 5.27. The van der Waals surface area contributed by atoms with E-state index >= 15 is 0 Å². The summed E-state index contributed by atoms with van der Waals surface area (Å²) in [7, 11) is 0. The summed E-state index contributed by atoms with van der Waals surface area (Å²) in [6.07, 6.45) is 2.65. The Balaban J connectivity index is 2.00. The fourth-order valence-electron chi connectivity index (χ4n) is 0.222. The van der Waals surface area contributed by atoms with Gasteiger partial charge in [0.05, 0.1) is 5.88 Å². The molecule has 29 valence electrons. The van der Waals surface area contributed by atoms with Gasteiger partial charge in [0.25, 0.3) is 0 Å². The van der Waals surface area contributed by atoms with Crippen molar-refractivity contribution >= 4 is 11.6 Å². The van der Waals surface area contributed by atoms with Crippen LogP contribution in [0.1, 0.15) is 12.8 Å². The molecule has 0 amide bonds. The molecule has 0 spiro atoms. The van der Waals surface area contributed by atoms with Crippen LogP contribution < -0.4 is 0 Å². The van der Waals surface area contributed by atoms with E-state index in [4.69, 9.17) is 11.6 Å². The van der Waals surface area contributed by atoms with Crippen LogP contribution in [0.15, 0.2) is 0 Å². The number of halogens is 1. The second-order valence-electron chi connectivity index (χ2n) is 1.46. The fourth-order valence-corrected chi connectivity index (χ4v) is 0.474. The standard InChI is InChI=1S/C4H6Cl/c5-3-4-1-2-4/h3-4H,1-2H2. The molecule has 0 aromatic heterocycles. The van der Waals surface area contributed by atoms with E-state index in [9.17, 15) is 0 Å². The van der Waals surface area contributed by atoms with Crippen LogP contribution in [0.3, 0.4) is 0 Å². The van der Waals surface area contributed by atoms with Crippen LogP contribution in [0.2, 0.25) is 0 Å². The summed E-state index contributed by atoms with van der Waals surface area (Å²) in [6.45, 7) is 0. The van der Waals surface area contributed by atoms with Gasteiger partial charge in [-0.15, -0.1) is 11.6 Å². The smallest absolute Gasteiger partial charge is 0.0530 e. The van der Waals surface area contributed by atoms with E-state index in [1.165, 1.54) is 12.8 Å². The summed E-state index contributed by atoms with van der Waals surface area (Å²) < 4.78 is 0. The molecule has 1 fully saturated rings. The van der Waals surface area contributed by atoms with Crippen LogP contribution in [-0.2, 0) is 0 Å². The lowest BCUT2D eigenvalue weighted by molar-refractivity contribution is 1.09. The minimum atomic E-state index is 0.775. The van der Waals surface area contributed by atoms with Gasteiger partial charge in [0.15, 0.2) is 0 Å². The normalized spacial score (nSPS) is 23.4. The number of rotatable bonds is 1. The van der Waals surface area contributed by atoms with E-state index in [0.29, 0.717) is 0 Å². The van der Waals surface area contributed by atoms with E-state index in [1.54, 1.807) is 5.88 Å². The third-order valence-electron chi connectivity index (χ3n) is 0.800. The molecule has 1 saturated carbocycles. The van der Waals surface area contributed by atoms with Crippen LogP contribution >= 0.6 is 11.6 Å². The minimum absolute atomic E-state index is 0.775. The molecule has 0 N–H and O–H groups in total. The van der Waals surface area contributed by atoms with Crippen molar-refractivity contribution in [1.82, 2.24) is 0 Å². The van der Waals surface area contributed by atoms with Crippen LogP contribution in [0.4, 0.5) is 0 Å². The minimum Gasteiger partial charge on any atom is -0.121 e. The van der Waals surface area contributed by atoms with Gasteiger partial charge >= 0.3 is 0 Å². The molecule has 0 nitrogen and oxygen atoms in total. The van der Waals surface area contributed by atoms with E-state index in [-0.39, 0.29) is 0 Å². The predicted molar refractivity (Wildman–Crippen MR) is 22.9 cm³/mol. The molecule has 1 radical (unpaired) electrons. The van der Waals surface area contributed by atoms with Crippen molar-refractivity contribution in [3.05, 3.63) is 5.88 Å². The Morgan fingerprint density at radius 2 is 2.20 bits per heavy atom. The molecule has 0 bridgehead atoms. The molecule has 1 aliphatic carbocycles. The average Bonchev–Trinajstić information content (AvgIpc) is 2.12. The zero-order chi connectivity index (χ0) is 3.70. The molecule has 0 unspecified atom stereocenters. The van der Waals surface area contributed by atoms with E-state index in [0.717, 1.165) is 5.92 Å². The van der Waals surface area contributed by atoms with Crippen LogP contribution in [0.25, 0.3) is 0 Å².